The minimum absolute atomic E-state index is 0.0353. The smallest absolute Gasteiger partial charge is 0.318 e. The van der Waals surface area contributed by atoms with E-state index in [1.165, 1.54) is 12.1 Å². The molecule has 1 aromatic carbocycles. The van der Waals surface area contributed by atoms with Gasteiger partial charge in [-0.2, -0.15) is 4.31 Å². The van der Waals surface area contributed by atoms with E-state index < -0.39 is 22.5 Å². The van der Waals surface area contributed by atoms with Crippen molar-refractivity contribution in [3.63, 3.8) is 0 Å². The first-order valence-electron chi connectivity index (χ1n) is 4.97. The van der Waals surface area contributed by atoms with Crippen molar-refractivity contribution in [2.24, 2.45) is 0 Å². The zero-order chi connectivity index (χ0) is 13.8. The topological polar surface area (TPSA) is 74.7 Å². The summed E-state index contributed by atoms with van der Waals surface area (Å²) in [5.74, 6) is -1.22. The van der Waals surface area contributed by atoms with Crippen LogP contribution in [0.5, 0.6) is 0 Å². The highest BCUT2D eigenvalue weighted by atomic mass is 79.9. The standard InChI is InChI=1S/C11H12BrNO4S/c1-2-7-13(8-11(14)15)18(16,17)10-6-4-3-5-9(10)12/h2-6H,1,7-8H2,(H,14,15). The minimum atomic E-state index is -3.85. The van der Waals surface area contributed by atoms with Gasteiger partial charge in [0.05, 0.1) is 4.90 Å². The Morgan fingerprint density at radius 2 is 2.06 bits per heavy atom. The Hall–Kier alpha value is -1.18. The molecule has 1 rings (SSSR count). The average molecular weight is 334 g/mol. The number of halogens is 1. The van der Waals surface area contributed by atoms with Crippen molar-refractivity contribution in [2.45, 2.75) is 4.90 Å². The van der Waals surface area contributed by atoms with E-state index in [1.54, 1.807) is 18.2 Å². The van der Waals surface area contributed by atoms with Gasteiger partial charge in [0, 0.05) is 11.0 Å². The molecular formula is C11H12BrNO4S. The molecule has 1 N–H and O–H groups in total. The molecule has 0 unspecified atom stereocenters. The fourth-order valence-electron chi connectivity index (χ4n) is 1.34. The van der Waals surface area contributed by atoms with Gasteiger partial charge >= 0.3 is 5.97 Å². The van der Waals surface area contributed by atoms with Crippen LogP contribution >= 0.6 is 15.9 Å². The van der Waals surface area contributed by atoms with Crippen LogP contribution in [0.4, 0.5) is 0 Å². The molecule has 0 radical (unpaired) electrons. The third-order valence-corrected chi connectivity index (χ3v) is 4.92. The number of hydrogen-bond donors (Lipinski definition) is 1. The van der Waals surface area contributed by atoms with E-state index >= 15 is 0 Å². The lowest BCUT2D eigenvalue weighted by Gasteiger charge is -2.19. The van der Waals surface area contributed by atoms with Crippen molar-refractivity contribution in [2.75, 3.05) is 13.1 Å². The first-order chi connectivity index (χ1) is 8.39. The lowest BCUT2D eigenvalue weighted by Crippen LogP contribution is -2.35. The molecule has 7 heteroatoms. The molecule has 0 spiro atoms. The maximum atomic E-state index is 12.3. The van der Waals surface area contributed by atoms with Gasteiger partial charge in [0.2, 0.25) is 10.0 Å². The Morgan fingerprint density at radius 3 is 2.56 bits per heavy atom. The van der Waals surface area contributed by atoms with E-state index in [9.17, 15) is 13.2 Å². The Labute approximate surface area is 114 Å². The second-order valence-electron chi connectivity index (χ2n) is 3.41. The van der Waals surface area contributed by atoms with Gasteiger partial charge in [-0.15, -0.1) is 6.58 Å². The van der Waals surface area contributed by atoms with Gasteiger partial charge in [0.1, 0.15) is 6.54 Å². The Balaban J connectivity index is 3.21. The SMILES string of the molecule is C=CCN(CC(=O)O)S(=O)(=O)c1ccccc1Br. The Kier molecular flexibility index (Phi) is 5.06. The summed E-state index contributed by atoms with van der Waals surface area (Å²) < 4.78 is 25.8. The van der Waals surface area contributed by atoms with Crippen molar-refractivity contribution >= 4 is 31.9 Å². The van der Waals surface area contributed by atoms with Gasteiger partial charge in [-0.1, -0.05) is 18.2 Å². The summed E-state index contributed by atoms with van der Waals surface area (Å²) in [5.41, 5.74) is 0. The van der Waals surface area contributed by atoms with Crippen LogP contribution < -0.4 is 0 Å². The molecule has 0 saturated carbocycles. The van der Waals surface area contributed by atoms with Gasteiger partial charge in [0.15, 0.2) is 0 Å². The largest absolute Gasteiger partial charge is 0.480 e. The van der Waals surface area contributed by atoms with Crippen LogP contribution in [0.1, 0.15) is 0 Å². The van der Waals surface area contributed by atoms with E-state index in [1.807, 2.05) is 0 Å². The fraction of sp³-hybridized carbons (Fsp3) is 0.182. The molecule has 0 saturated heterocycles. The van der Waals surface area contributed by atoms with Gasteiger partial charge in [-0.25, -0.2) is 8.42 Å². The number of rotatable bonds is 6. The second kappa shape index (κ2) is 6.12. The quantitative estimate of drug-likeness (QED) is 0.804. The molecular weight excluding hydrogens is 322 g/mol. The van der Waals surface area contributed by atoms with Crippen LogP contribution in [-0.4, -0.2) is 36.9 Å². The van der Waals surface area contributed by atoms with Gasteiger partial charge in [-0.3, -0.25) is 4.79 Å². The van der Waals surface area contributed by atoms with E-state index in [0.717, 1.165) is 4.31 Å². The monoisotopic (exact) mass is 333 g/mol. The number of nitrogens with zero attached hydrogens (tertiary/aromatic N) is 1. The molecule has 0 heterocycles. The summed E-state index contributed by atoms with van der Waals surface area (Å²) >= 11 is 3.14. The highest BCUT2D eigenvalue weighted by Gasteiger charge is 2.27. The minimum Gasteiger partial charge on any atom is -0.480 e. The highest BCUT2D eigenvalue weighted by molar-refractivity contribution is 9.10. The summed E-state index contributed by atoms with van der Waals surface area (Å²) in [7, 11) is -3.85. The van der Waals surface area contributed by atoms with Crippen molar-refractivity contribution in [3.8, 4) is 0 Å². The van der Waals surface area contributed by atoms with E-state index in [0.29, 0.717) is 4.47 Å². The van der Waals surface area contributed by atoms with Crippen LogP contribution in [0.2, 0.25) is 0 Å². The molecule has 0 bridgehead atoms. The second-order valence-corrected chi connectivity index (χ2v) is 6.17. The highest BCUT2D eigenvalue weighted by Crippen LogP contribution is 2.24. The molecule has 0 aliphatic heterocycles. The van der Waals surface area contributed by atoms with Crippen LogP contribution in [0.15, 0.2) is 46.3 Å². The molecule has 0 aliphatic rings. The molecule has 1 aromatic rings. The number of sulfonamides is 1. The zero-order valence-corrected chi connectivity index (χ0v) is 11.8. The van der Waals surface area contributed by atoms with E-state index in [2.05, 4.69) is 22.5 Å². The molecule has 0 fully saturated rings. The number of carbonyl (C=O) groups is 1. The van der Waals surface area contributed by atoms with Gasteiger partial charge < -0.3 is 5.11 Å². The first kappa shape index (κ1) is 14.9. The summed E-state index contributed by atoms with van der Waals surface area (Å²) in [5, 5.41) is 8.74. The summed E-state index contributed by atoms with van der Waals surface area (Å²) in [6, 6.07) is 6.25. The predicted octanol–water partition coefficient (Wildman–Crippen LogP) is 1.71. The van der Waals surface area contributed by atoms with E-state index in [4.69, 9.17) is 5.11 Å². The third kappa shape index (κ3) is 3.41. The third-order valence-electron chi connectivity index (χ3n) is 2.10. The Morgan fingerprint density at radius 1 is 1.44 bits per heavy atom. The average Bonchev–Trinajstić information content (AvgIpc) is 2.28. The van der Waals surface area contributed by atoms with E-state index in [-0.39, 0.29) is 11.4 Å². The number of aliphatic carboxylic acids is 1. The molecule has 0 amide bonds. The first-order valence-corrected chi connectivity index (χ1v) is 7.20. The van der Waals surface area contributed by atoms with Gasteiger partial charge in [0.25, 0.3) is 0 Å². The van der Waals surface area contributed by atoms with Gasteiger partial charge in [-0.05, 0) is 28.1 Å². The summed E-state index contributed by atoms with van der Waals surface area (Å²) in [6.07, 6.45) is 1.34. The van der Waals surface area contributed by atoms with Crippen molar-refractivity contribution in [1.29, 1.82) is 0 Å². The van der Waals surface area contributed by atoms with Crippen LogP contribution in [-0.2, 0) is 14.8 Å². The molecule has 0 aliphatic carbocycles. The molecule has 0 atom stereocenters. The van der Waals surface area contributed by atoms with Crippen LogP contribution in [0.3, 0.4) is 0 Å². The van der Waals surface area contributed by atoms with Crippen LogP contribution in [0, 0.1) is 0 Å². The number of carboxylic acids is 1. The predicted molar refractivity (Wildman–Crippen MR) is 70.7 cm³/mol. The zero-order valence-electron chi connectivity index (χ0n) is 9.41. The molecule has 5 nitrogen and oxygen atoms in total. The van der Waals surface area contributed by atoms with Crippen molar-refractivity contribution in [1.82, 2.24) is 4.31 Å². The normalized spacial score (nSPS) is 11.4. The molecule has 98 valence electrons. The van der Waals surface area contributed by atoms with Crippen molar-refractivity contribution < 1.29 is 18.3 Å². The van der Waals surface area contributed by atoms with Crippen LogP contribution in [0.25, 0.3) is 0 Å². The number of carboxylic acid groups (broad SMARTS) is 1. The molecule has 0 aromatic heterocycles. The number of benzene rings is 1. The maximum absolute atomic E-state index is 12.3. The maximum Gasteiger partial charge on any atom is 0.318 e. The van der Waals surface area contributed by atoms with Crippen molar-refractivity contribution in [3.05, 3.63) is 41.4 Å². The fourth-order valence-corrected chi connectivity index (χ4v) is 3.66. The summed E-state index contributed by atoms with van der Waals surface area (Å²) in [4.78, 5) is 10.7. The lowest BCUT2D eigenvalue weighted by atomic mass is 10.4. The summed E-state index contributed by atoms with van der Waals surface area (Å²) in [6.45, 7) is 2.77. The Bertz CT molecular complexity index is 556. The lowest BCUT2D eigenvalue weighted by molar-refractivity contribution is -0.137. The molecule has 18 heavy (non-hydrogen) atoms. The number of hydrogen-bond acceptors (Lipinski definition) is 3.